The van der Waals surface area contributed by atoms with Crippen molar-refractivity contribution in [3.63, 3.8) is 0 Å². The number of nitrogens with one attached hydrogen (secondary N) is 2. The molecule has 0 aliphatic heterocycles. The summed E-state index contributed by atoms with van der Waals surface area (Å²) in [6.07, 6.45) is 0.204. The van der Waals surface area contributed by atoms with Gasteiger partial charge in [0.15, 0.2) is 0 Å². The first-order valence-electron chi connectivity index (χ1n) is 10.7. The second kappa shape index (κ2) is 11.7. The van der Waals surface area contributed by atoms with Crippen LogP contribution in [0.2, 0.25) is 5.02 Å². The molecule has 0 spiro atoms. The molecule has 0 amide bonds. The Hall–Kier alpha value is -3.83. The van der Waals surface area contributed by atoms with Crippen LogP contribution in [0.15, 0.2) is 42.5 Å². The summed E-state index contributed by atoms with van der Waals surface area (Å²) in [6, 6.07) is 8.48. The van der Waals surface area contributed by atoms with Crippen molar-refractivity contribution in [1.82, 2.24) is 10.3 Å². The SMILES string of the molecule is COC(=O)c1cc(F)c(Cl)cc1Nc1ccc(F)cc1C(C)NCCc1nc(OC)ccc1[N+](=O)[O-]. The average Bonchev–Trinajstić information content (AvgIpc) is 2.86. The van der Waals surface area contributed by atoms with E-state index in [2.05, 4.69) is 15.6 Å². The largest absolute Gasteiger partial charge is 0.481 e. The summed E-state index contributed by atoms with van der Waals surface area (Å²) in [5.74, 6) is -1.83. The highest BCUT2D eigenvalue weighted by molar-refractivity contribution is 6.31. The molecular formula is C24H23ClF2N4O5. The van der Waals surface area contributed by atoms with E-state index in [0.29, 0.717) is 11.3 Å². The molecule has 1 heterocycles. The number of carbonyl (C=O) groups excluding carboxylic acids is 1. The summed E-state index contributed by atoms with van der Waals surface area (Å²) < 4.78 is 37.9. The van der Waals surface area contributed by atoms with E-state index < -0.39 is 28.6 Å². The first kappa shape index (κ1) is 26.8. The van der Waals surface area contributed by atoms with Crippen molar-refractivity contribution in [1.29, 1.82) is 0 Å². The average molecular weight is 521 g/mol. The third-order valence-electron chi connectivity index (χ3n) is 5.36. The molecule has 2 N–H and O–H groups in total. The fraction of sp³-hybridized carbons (Fsp3) is 0.250. The molecule has 0 bridgehead atoms. The molecule has 3 aromatic rings. The molecule has 1 aromatic heterocycles. The molecule has 1 atom stereocenters. The lowest BCUT2D eigenvalue weighted by Gasteiger charge is -2.20. The van der Waals surface area contributed by atoms with E-state index in [1.165, 1.54) is 43.5 Å². The zero-order valence-corrected chi connectivity index (χ0v) is 20.4. The van der Waals surface area contributed by atoms with Crippen LogP contribution in [0, 0.1) is 21.7 Å². The maximum absolute atomic E-state index is 14.1. The Morgan fingerprint density at radius 2 is 1.92 bits per heavy atom. The summed E-state index contributed by atoms with van der Waals surface area (Å²) in [4.78, 5) is 27.1. The van der Waals surface area contributed by atoms with E-state index in [1.54, 1.807) is 6.92 Å². The molecule has 1 unspecified atom stereocenters. The molecule has 190 valence electrons. The lowest BCUT2D eigenvalue weighted by atomic mass is 10.0. The number of rotatable bonds is 10. The van der Waals surface area contributed by atoms with Crippen molar-refractivity contribution < 1.29 is 28.0 Å². The van der Waals surface area contributed by atoms with Crippen molar-refractivity contribution in [3.05, 3.63) is 86.1 Å². The van der Waals surface area contributed by atoms with E-state index in [0.717, 1.165) is 13.2 Å². The van der Waals surface area contributed by atoms with Crippen LogP contribution in [0.3, 0.4) is 0 Å². The van der Waals surface area contributed by atoms with Gasteiger partial charge in [-0.1, -0.05) is 11.6 Å². The first-order valence-corrected chi connectivity index (χ1v) is 11.1. The van der Waals surface area contributed by atoms with Crippen LogP contribution >= 0.6 is 11.6 Å². The molecule has 0 aliphatic rings. The number of benzene rings is 2. The zero-order valence-electron chi connectivity index (χ0n) is 19.6. The maximum atomic E-state index is 14.1. The molecule has 0 aliphatic carbocycles. The minimum atomic E-state index is -0.794. The van der Waals surface area contributed by atoms with Crippen LogP contribution in [-0.2, 0) is 11.2 Å². The Morgan fingerprint density at radius 1 is 1.17 bits per heavy atom. The summed E-state index contributed by atoms with van der Waals surface area (Å²) in [7, 11) is 2.58. The zero-order chi connectivity index (χ0) is 26.4. The van der Waals surface area contributed by atoms with Gasteiger partial charge in [-0.25, -0.2) is 18.6 Å². The van der Waals surface area contributed by atoms with E-state index in [9.17, 15) is 23.7 Å². The predicted octanol–water partition coefficient (Wildman–Crippen LogP) is 5.35. The van der Waals surface area contributed by atoms with Crippen molar-refractivity contribution in [2.45, 2.75) is 19.4 Å². The number of methoxy groups -OCH3 is 2. The summed E-state index contributed by atoms with van der Waals surface area (Å²) in [5, 5.41) is 17.3. The minimum absolute atomic E-state index is 0.0910. The Bertz CT molecular complexity index is 1290. The maximum Gasteiger partial charge on any atom is 0.340 e. The summed E-state index contributed by atoms with van der Waals surface area (Å²) in [6.45, 7) is 2.04. The van der Waals surface area contributed by atoms with Crippen LogP contribution in [0.4, 0.5) is 25.8 Å². The standard InChI is InChI=1S/C24H23ClF2N4O5/c1-13(28-9-8-20-22(31(33)34)6-7-23(30-20)35-2)15-10-14(26)4-5-19(15)29-21-12-17(25)18(27)11-16(21)24(32)36-3/h4-7,10-13,28-29H,8-9H2,1-3H3. The second-order valence-electron chi connectivity index (χ2n) is 7.66. The van der Waals surface area contributed by atoms with Crippen LogP contribution < -0.4 is 15.4 Å². The normalized spacial score (nSPS) is 11.6. The minimum Gasteiger partial charge on any atom is -0.481 e. The Morgan fingerprint density at radius 3 is 2.58 bits per heavy atom. The molecule has 2 aromatic carbocycles. The molecule has 0 saturated carbocycles. The topological polar surface area (TPSA) is 116 Å². The second-order valence-corrected chi connectivity index (χ2v) is 8.07. The van der Waals surface area contributed by atoms with Crippen LogP contribution in [0.5, 0.6) is 5.88 Å². The number of carbonyl (C=O) groups is 1. The highest BCUT2D eigenvalue weighted by Gasteiger charge is 2.20. The van der Waals surface area contributed by atoms with E-state index in [-0.39, 0.29) is 46.5 Å². The number of aromatic nitrogens is 1. The van der Waals surface area contributed by atoms with Gasteiger partial charge in [-0.05, 0) is 42.8 Å². The fourth-order valence-electron chi connectivity index (χ4n) is 3.53. The van der Waals surface area contributed by atoms with Gasteiger partial charge in [0.05, 0.1) is 35.4 Å². The van der Waals surface area contributed by atoms with Gasteiger partial charge in [0.25, 0.3) is 5.69 Å². The number of nitro groups is 1. The molecular weight excluding hydrogens is 498 g/mol. The number of nitrogens with zero attached hydrogens (tertiary/aromatic N) is 2. The highest BCUT2D eigenvalue weighted by atomic mass is 35.5. The smallest absolute Gasteiger partial charge is 0.340 e. The highest BCUT2D eigenvalue weighted by Crippen LogP contribution is 2.32. The van der Waals surface area contributed by atoms with Crippen molar-refractivity contribution in [2.24, 2.45) is 0 Å². The number of anilines is 2. The van der Waals surface area contributed by atoms with E-state index in [1.807, 2.05) is 0 Å². The van der Waals surface area contributed by atoms with Gasteiger partial charge in [-0.3, -0.25) is 10.1 Å². The molecule has 0 radical (unpaired) electrons. The van der Waals surface area contributed by atoms with Crippen molar-refractivity contribution in [3.8, 4) is 5.88 Å². The van der Waals surface area contributed by atoms with Crippen molar-refractivity contribution >= 4 is 34.6 Å². The molecule has 0 fully saturated rings. The number of ether oxygens (including phenoxy) is 2. The van der Waals surface area contributed by atoms with Crippen molar-refractivity contribution in [2.75, 3.05) is 26.1 Å². The molecule has 0 saturated heterocycles. The van der Waals surface area contributed by atoms with Crippen LogP contribution in [0.1, 0.15) is 34.6 Å². The number of hydrogen-bond acceptors (Lipinski definition) is 8. The predicted molar refractivity (Wildman–Crippen MR) is 130 cm³/mol. The monoisotopic (exact) mass is 520 g/mol. The van der Waals surface area contributed by atoms with Gasteiger partial charge in [0.2, 0.25) is 5.88 Å². The van der Waals surface area contributed by atoms with Gasteiger partial charge in [-0.15, -0.1) is 0 Å². The molecule has 36 heavy (non-hydrogen) atoms. The third kappa shape index (κ3) is 6.23. The van der Waals surface area contributed by atoms with Gasteiger partial charge in [0, 0.05) is 36.8 Å². The number of esters is 1. The fourth-order valence-corrected chi connectivity index (χ4v) is 3.70. The van der Waals surface area contributed by atoms with Gasteiger partial charge in [-0.2, -0.15) is 0 Å². The lowest BCUT2D eigenvalue weighted by molar-refractivity contribution is -0.385. The Labute approximate surface area is 210 Å². The number of pyridine rings is 1. The summed E-state index contributed by atoms with van der Waals surface area (Å²) >= 11 is 5.91. The molecule has 12 heteroatoms. The first-order chi connectivity index (χ1) is 17.1. The Kier molecular flexibility index (Phi) is 8.73. The van der Waals surface area contributed by atoms with Crippen LogP contribution in [0.25, 0.3) is 0 Å². The number of halogens is 3. The molecule has 3 rings (SSSR count). The lowest BCUT2D eigenvalue weighted by Crippen LogP contribution is -2.23. The van der Waals surface area contributed by atoms with Gasteiger partial charge < -0.3 is 20.1 Å². The van der Waals surface area contributed by atoms with E-state index in [4.69, 9.17) is 21.1 Å². The van der Waals surface area contributed by atoms with E-state index >= 15 is 0 Å². The third-order valence-corrected chi connectivity index (χ3v) is 5.65. The molecule has 9 nitrogen and oxygen atoms in total. The quantitative estimate of drug-likeness (QED) is 0.209. The number of hydrogen-bond donors (Lipinski definition) is 2. The summed E-state index contributed by atoms with van der Waals surface area (Å²) in [5.41, 5.74) is 1.09. The van der Waals surface area contributed by atoms with Gasteiger partial charge in [0.1, 0.15) is 17.3 Å². The van der Waals surface area contributed by atoms with Crippen LogP contribution in [-0.4, -0.2) is 36.6 Å². The van der Waals surface area contributed by atoms with Gasteiger partial charge >= 0.3 is 5.97 Å². The Balaban J connectivity index is 1.83.